The van der Waals surface area contributed by atoms with Gasteiger partial charge in [-0.2, -0.15) is 5.01 Å². The fraction of sp³-hybridized carbons (Fsp3) is 0.235. The summed E-state index contributed by atoms with van der Waals surface area (Å²) in [6, 6.07) is 17.0. The number of thiocarbonyl (C=S) groups is 1. The zero-order chi connectivity index (χ0) is 15.3. The molecular formula is C17H16BrN3S. The van der Waals surface area contributed by atoms with Gasteiger partial charge in [0, 0.05) is 16.7 Å². The molecule has 0 amide bonds. The molecule has 0 aliphatic carbocycles. The van der Waals surface area contributed by atoms with Crippen molar-refractivity contribution >= 4 is 38.9 Å². The van der Waals surface area contributed by atoms with Gasteiger partial charge in [0.05, 0.1) is 6.54 Å². The third kappa shape index (κ3) is 2.16. The molecule has 1 atom stereocenters. The first kappa shape index (κ1) is 14.2. The molecule has 2 aliphatic heterocycles. The Morgan fingerprint density at radius 2 is 1.64 bits per heavy atom. The van der Waals surface area contributed by atoms with E-state index in [1.165, 1.54) is 11.1 Å². The molecule has 1 unspecified atom stereocenters. The van der Waals surface area contributed by atoms with Crippen LogP contribution in [0.5, 0.6) is 0 Å². The van der Waals surface area contributed by atoms with Crippen LogP contribution in [0, 0.1) is 0 Å². The van der Waals surface area contributed by atoms with Gasteiger partial charge in [-0.3, -0.25) is 5.01 Å². The lowest BCUT2D eigenvalue weighted by Crippen LogP contribution is -2.43. The Balaban J connectivity index is 1.69. The quantitative estimate of drug-likeness (QED) is 0.694. The summed E-state index contributed by atoms with van der Waals surface area (Å²) in [7, 11) is 0. The number of nitrogens with zero attached hydrogens (tertiary/aromatic N) is 3. The largest absolute Gasteiger partial charge is 0.300 e. The average Bonchev–Trinajstić information content (AvgIpc) is 2.78. The summed E-state index contributed by atoms with van der Waals surface area (Å²) < 4.78 is 1.08. The fourth-order valence-corrected chi connectivity index (χ4v) is 3.93. The van der Waals surface area contributed by atoms with Crippen molar-refractivity contribution < 1.29 is 0 Å². The Morgan fingerprint density at radius 3 is 2.32 bits per heavy atom. The molecule has 4 rings (SSSR count). The van der Waals surface area contributed by atoms with Crippen molar-refractivity contribution in [2.24, 2.45) is 0 Å². The second kappa shape index (κ2) is 5.33. The number of hydrogen-bond acceptors (Lipinski definition) is 2. The van der Waals surface area contributed by atoms with E-state index in [1.807, 2.05) is 0 Å². The summed E-state index contributed by atoms with van der Waals surface area (Å²) in [4.78, 5) is 2.23. The zero-order valence-corrected chi connectivity index (χ0v) is 14.6. The Bertz CT molecular complexity index is 731. The van der Waals surface area contributed by atoms with Gasteiger partial charge >= 0.3 is 0 Å². The Hall–Kier alpha value is -1.43. The first-order valence-electron chi connectivity index (χ1n) is 7.35. The molecule has 3 nitrogen and oxygen atoms in total. The number of halogens is 1. The van der Waals surface area contributed by atoms with Crippen molar-refractivity contribution in [1.29, 1.82) is 0 Å². The van der Waals surface area contributed by atoms with Crippen LogP contribution >= 0.6 is 28.1 Å². The van der Waals surface area contributed by atoms with Crippen LogP contribution < -0.4 is 4.90 Å². The highest BCUT2D eigenvalue weighted by Gasteiger charge is 2.41. The molecule has 0 spiro atoms. The van der Waals surface area contributed by atoms with E-state index in [-0.39, 0.29) is 6.17 Å². The molecule has 0 aromatic heterocycles. The van der Waals surface area contributed by atoms with Gasteiger partial charge in [0.15, 0.2) is 5.11 Å². The molecule has 0 N–H and O–H groups in total. The van der Waals surface area contributed by atoms with Gasteiger partial charge in [0.25, 0.3) is 0 Å². The van der Waals surface area contributed by atoms with Gasteiger partial charge in [-0.25, -0.2) is 0 Å². The lowest BCUT2D eigenvalue weighted by atomic mass is 10.1. The minimum absolute atomic E-state index is 0.224. The van der Waals surface area contributed by atoms with Gasteiger partial charge < -0.3 is 4.90 Å². The van der Waals surface area contributed by atoms with Gasteiger partial charge in [0.2, 0.25) is 0 Å². The van der Waals surface area contributed by atoms with Crippen molar-refractivity contribution in [2.75, 3.05) is 4.90 Å². The molecule has 112 valence electrons. The van der Waals surface area contributed by atoms with Crippen molar-refractivity contribution in [3.63, 3.8) is 0 Å². The summed E-state index contributed by atoms with van der Waals surface area (Å²) in [5, 5.41) is 5.46. The third-order valence-electron chi connectivity index (χ3n) is 4.42. The number of anilines is 1. The Morgan fingerprint density at radius 1 is 1.00 bits per heavy atom. The molecule has 22 heavy (non-hydrogen) atoms. The highest BCUT2D eigenvalue weighted by atomic mass is 79.9. The predicted molar refractivity (Wildman–Crippen MR) is 96.2 cm³/mol. The number of fused-ring (bicyclic) bond motifs is 2. The van der Waals surface area contributed by atoms with Crippen LogP contribution in [0.1, 0.15) is 18.1 Å². The van der Waals surface area contributed by atoms with Crippen LogP contribution in [0.15, 0.2) is 53.0 Å². The van der Waals surface area contributed by atoms with E-state index in [2.05, 4.69) is 86.3 Å². The second-order valence-corrected chi connectivity index (χ2v) is 6.97. The molecule has 0 bridgehead atoms. The summed E-state index contributed by atoms with van der Waals surface area (Å²) in [6.45, 7) is 3.97. The van der Waals surface area contributed by atoms with E-state index in [0.29, 0.717) is 0 Å². The van der Waals surface area contributed by atoms with Gasteiger partial charge in [-0.15, -0.1) is 0 Å². The first-order chi connectivity index (χ1) is 10.6. The van der Waals surface area contributed by atoms with Crippen LogP contribution in [0.3, 0.4) is 0 Å². The fourth-order valence-electron chi connectivity index (χ4n) is 3.23. The number of hydrazine groups is 1. The molecule has 1 saturated heterocycles. The Kier molecular flexibility index (Phi) is 3.44. The maximum absolute atomic E-state index is 5.76. The second-order valence-electron chi connectivity index (χ2n) is 5.68. The Labute approximate surface area is 144 Å². The molecule has 2 aromatic carbocycles. The van der Waals surface area contributed by atoms with Crippen LogP contribution in [0.25, 0.3) is 0 Å². The molecule has 1 fully saturated rings. The van der Waals surface area contributed by atoms with Gasteiger partial charge in [0.1, 0.15) is 6.17 Å². The molecule has 2 heterocycles. The van der Waals surface area contributed by atoms with E-state index < -0.39 is 0 Å². The molecule has 0 radical (unpaired) electrons. The van der Waals surface area contributed by atoms with E-state index >= 15 is 0 Å². The van der Waals surface area contributed by atoms with Crippen molar-refractivity contribution in [1.82, 2.24) is 10.0 Å². The normalized spacial score (nSPS) is 21.0. The van der Waals surface area contributed by atoms with Crippen molar-refractivity contribution in [2.45, 2.75) is 26.2 Å². The lowest BCUT2D eigenvalue weighted by Gasteiger charge is -2.35. The van der Waals surface area contributed by atoms with Crippen LogP contribution in [0.4, 0.5) is 5.69 Å². The summed E-state index contributed by atoms with van der Waals surface area (Å²) in [6.07, 6.45) is 0.224. The highest BCUT2D eigenvalue weighted by molar-refractivity contribution is 9.10. The maximum Gasteiger partial charge on any atom is 0.192 e. The van der Waals surface area contributed by atoms with E-state index in [0.717, 1.165) is 28.4 Å². The zero-order valence-electron chi connectivity index (χ0n) is 12.2. The summed E-state index contributed by atoms with van der Waals surface area (Å²) in [5.41, 5.74) is 3.90. The molecule has 2 aliphatic rings. The average molecular weight is 374 g/mol. The van der Waals surface area contributed by atoms with Gasteiger partial charge in [-0.1, -0.05) is 40.2 Å². The van der Waals surface area contributed by atoms with Gasteiger partial charge in [-0.05, 0) is 54.5 Å². The standard InChI is InChI=1S/C17H16BrN3S/c1-12-19-10-13-4-2-3-5-14(13)11-20(19)17(22)21(12)16-8-6-15(18)7-9-16/h2-9,12H,10-11H2,1H3. The maximum atomic E-state index is 5.76. The van der Waals surface area contributed by atoms with Crippen LogP contribution in [-0.2, 0) is 13.1 Å². The molecule has 5 heteroatoms. The summed E-state index contributed by atoms with van der Waals surface area (Å²) in [5.74, 6) is 0. The SMILES string of the molecule is CC1N(c2ccc(Br)cc2)C(=S)N2Cc3ccccc3CN12. The van der Waals surface area contributed by atoms with E-state index in [4.69, 9.17) is 12.2 Å². The molecule has 2 aromatic rings. The number of hydrogen-bond donors (Lipinski definition) is 0. The smallest absolute Gasteiger partial charge is 0.192 e. The number of benzene rings is 2. The highest BCUT2D eigenvalue weighted by Crippen LogP contribution is 2.34. The predicted octanol–water partition coefficient (Wildman–Crippen LogP) is 4.13. The van der Waals surface area contributed by atoms with Crippen LogP contribution in [-0.4, -0.2) is 21.3 Å². The van der Waals surface area contributed by atoms with Crippen molar-refractivity contribution in [3.8, 4) is 0 Å². The van der Waals surface area contributed by atoms with E-state index in [9.17, 15) is 0 Å². The number of rotatable bonds is 1. The van der Waals surface area contributed by atoms with E-state index in [1.54, 1.807) is 0 Å². The minimum Gasteiger partial charge on any atom is -0.300 e. The van der Waals surface area contributed by atoms with Crippen LogP contribution in [0.2, 0.25) is 0 Å². The lowest BCUT2D eigenvalue weighted by molar-refractivity contribution is 0.0138. The van der Waals surface area contributed by atoms with Crippen molar-refractivity contribution in [3.05, 3.63) is 64.1 Å². The first-order valence-corrected chi connectivity index (χ1v) is 8.55. The monoisotopic (exact) mass is 373 g/mol. The topological polar surface area (TPSA) is 9.72 Å². The molecular weight excluding hydrogens is 358 g/mol. The molecule has 0 saturated carbocycles. The summed E-state index contributed by atoms with van der Waals surface area (Å²) >= 11 is 9.25. The minimum atomic E-state index is 0.224. The third-order valence-corrected chi connectivity index (χ3v) is 5.35.